The molecule has 1 aliphatic heterocycles. The van der Waals surface area contributed by atoms with Crippen molar-refractivity contribution in [2.75, 3.05) is 0 Å². The van der Waals surface area contributed by atoms with Crippen LogP contribution in [0.3, 0.4) is 0 Å². The maximum absolute atomic E-state index is 10.3. The van der Waals surface area contributed by atoms with Crippen LogP contribution in [0.15, 0.2) is 24.3 Å². The fourth-order valence-electron chi connectivity index (χ4n) is 1.27. The summed E-state index contributed by atoms with van der Waals surface area (Å²) in [6.45, 7) is 0. The number of imide groups is 1. The third-order valence-corrected chi connectivity index (χ3v) is 2.32. The fourth-order valence-corrected chi connectivity index (χ4v) is 1.27. The van der Waals surface area contributed by atoms with E-state index in [9.17, 15) is 19.2 Å². The quantitative estimate of drug-likeness (QED) is 0.463. The van der Waals surface area contributed by atoms with Crippen LogP contribution in [0.4, 0.5) is 0 Å². The van der Waals surface area contributed by atoms with Gasteiger partial charge in [-0.05, 0) is 12.1 Å². The van der Waals surface area contributed by atoms with Crippen LogP contribution in [0.1, 0.15) is 33.6 Å². The summed E-state index contributed by atoms with van der Waals surface area (Å²) < 4.78 is 0. The predicted octanol–water partition coefficient (Wildman–Crippen LogP) is 0.722. The topological polar surface area (TPSA) is 112 Å². The normalized spacial score (nSPS) is 13.8. The molecular weight excluding hydrogens is 254 g/mol. The van der Waals surface area contributed by atoms with Gasteiger partial charge in [0.05, 0.1) is 5.56 Å². The van der Waals surface area contributed by atoms with E-state index in [1.807, 2.05) is 0 Å². The minimum Gasteiger partial charge on any atom is -0.478 e. The number of carbonyl (C=O) groups is 4. The van der Waals surface area contributed by atoms with Gasteiger partial charge in [0.25, 0.3) is 11.8 Å². The van der Waals surface area contributed by atoms with Gasteiger partial charge in [0.15, 0.2) is 0 Å². The third-order valence-electron chi connectivity index (χ3n) is 2.32. The molecule has 7 heteroatoms. The highest BCUT2D eigenvalue weighted by Gasteiger charge is 2.26. The summed E-state index contributed by atoms with van der Waals surface area (Å²) in [5.41, 5.74) is 0.672. The van der Waals surface area contributed by atoms with Crippen LogP contribution >= 0.6 is 0 Å². The number of amides is 2. The molecule has 0 unspecified atom stereocenters. The summed E-state index contributed by atoms with van der Waals surface area (Å²) >= 11 is 0. The molecule has 1 aromatic rings. The molecule has 0 saturated carbocycles. The molecule has 0 bridgehead atoms. The van der Waals surface area contributed by atoms with Gasteiger partial charge in [-0.25, -0.2) is 4.79 Å². The monoisotopic (exact) mass is 265 g/mol. The summed E-state index contributed by atoms with van der Waals surface area (Å²) in [4.78, 5) is 40.9. The van der Waals surface area contributed by atoms with Gasteiger partial charge >= 0.3 is 5.97 Å². The Balaban J connectivity index is 0.000000200. The van der Waals surface area contributed by atoms with Crippen molar-refractivity contribution in [2.24, 2.45) is 0 Å². The van der Waals surface area contributed by atoms with E-state index < -0.39 is 17.8 Å². The molecule has 7 nitrogen and oxygen atoms in total. The van der Waals surface area contributed by atoms with E-state index in [0.29, 0.717) is 11.8 Å². The van der Waals surface area contributed by atoms with Crippen molar-refractivity contribution in [3.63, 3.8) is 0 Å². The number of nitrogens with zero attached hydrogens (tertiary/aromatic N) is 1. The van der Waals surface area contributed by atoms with Gasteiger partial charge in [0, 0.05) is 18.4 Å². The lowest BCUT2D eigenvalue weighted by Crippen LogP contribution is -2.24. The number of rotatable bonds is 2. The largest absolute Gasteiger partial charge is 0.478 e. The van der Waals surface area contributed by atoms with Crippen molar-refractivity contribution in [2.45, 2.75) is 12.8 Å². The van der Waals surface area contributed by atoms with Crippen LogP contribution in [0, 0.1) is 0 Å². The van der Waals surface area contributed by atoms with Gasteiger partial charge in [0.1, 0.15) is 6.29 Å². The number of carboxylic acid groups (broad SMARTS) is 1. The number of aldehydes is 1. The van der Waals surface area contributed by atoms with Crippen molar-refractivity contribution in [1.29, 1.82) is 0 Å². The third kappa shape index (κ3) is 4.00. The van der Waals surface area contributed by atoms with E-state index >= 15 is 0 Å². The first-order valence-corrected chi connectivity index (χ1v) is 5.29. The lowest BCUT2D eigenvalue weighted by atomic mass is 10.1. The van der Waals surface area contributed by atoms with E-state index in [-0.39, 0.29) is 23.5 Å². The second-order valence-corrected chi connectivity index (χ2v) is 3.64. The Bertz CT molecular complexity index is 491. The van der Waals surface area contributed by atoms with Crippen LogP contribution < -0.4 is 0 Å². The molecule has 2 rings (SSSR count). The minimum atomic E-state index is -0.984. The molecular formula is C12H11NO6. The Morgan fingerprint density at radius 3 is 1.84 bits per heavy atom. The molecule has 2 amide bonds. The molecule has 0 atom stereocenters. The van der Waals surface area contributed by atoms with E-state index in [0.717, 1.165) is 0 Å². The minimum absolute atomic E-state index is 0.148. The molecule has 1 fully saturated rings. The molecule has 1 aromatic carbocycles. The van der Waals surface area contributed by atoms with E-state index in [1.165, 1.54) is 24.3 Å². The van der Waals surface area contributed by atoms with Gasteiger partial charge < -0.3 is 5.11 Å². The molecule has 0 radical (unpaired) electrons. The number of carboxylic acids is 1. The Morgan fingerprint density at radius 2 is 1.58 bits per heavy atom. The van der Waals surface area contributed by atoms with Crippen LogP contribution in [0.2, 0.25) is 0 Å². The number of hydrogen-bond acceptors (Lipinski definition) is 5. The summed E-state index contributed by atoms with van der Waals surface area (Å²) in [7, 11) is 0. The van der Waals surface area contributed by atoms with Crippen molar-refractivity contribution < 1.29 is 29.5 Å². The maximum Gasteiger partial charge on any atom is 0.335 e. The van der Waals surface area contributed by atoms with Gasteiger partial charge in [-0.2, -0.15) is 5.06 Å². The average Bonchev–Trinajstić information content (AvgIpc) is 2.71. The molecule has 0 aliphatic carbocycles. The van der Waals surface area contributed by atoms with Gasteiger partial charge in [-0.3, -0.25) is 19.6 Å². The number of aromatic carboxylic acids is 1. The highest BCUT2D eigenvalue weighted by molar-refractivity contribution is 6.00. The first-order chi connectivity index (χ1) is 8.95. The first kappa shape index (κ1) is 14.5. The number of benzene rings is 1. The summed E-state index contributed by atoms with van der Waals surface area (Å²) in [6.07, 6.45) is 0.969. The average molecular weight is 265 g/mol. The van der Waals surface area contributed by atoms with Crippen molar-refractivity contribution >= 4 is 24.1 Å². The van der Waals surface area contributed by atoms with Crippen molar-refractivity contribution in [3.8, 4) is 0 Å². The Kier molecular flexibility index (Phi) is 4.90. The number of carbonyl (C=O) groups excluding carboxylic acids is 3. The van der Waals surface area contributed by atoms with Crippen LogP contribution in [0.25, 0.3) is 0 Å². The predicted molar refractivity (Wildman–Crippen MR) is 61.7 cm³/mol. The lowest BCUT2D eigenvalue weighted by Gasteiger charge is -1.98. The lowest BCUT2D eigenvalue weighted by molar-refractivity contribution is -0.171. The van der Waals surface area contributed by atoms with Crippen molar-refractivity contribution in [1.82, 2.24) is 5.06 Å². The van der Waals surface area contributed by atoms with Gasteiger partial charge in [-0.1, -0.05) is 12.1 Å². The molecule has 1 saturated heterocycles. The molecule has 2 N–H and O–H groups in total. The summed E-state index contributed by atoms with van der Waals surface area (Å²) in [5.74, 6) is -1.99. The number of hydroxylamine groups is 2. The van der Waals surface area contributed by atoms with E-state index in [4.69, 9.17) is 10.3 Å². The highest BCUT2D eigenvalue weighted by Crippen LogP contribution is 2.07. The second kappa shape index (κ2) is 6.41. The Hall–Kier alpha value is -2.54. The van der Waals surface area contributed by atoms with E-state index in [2.05, 4.69) is 0 Å². The smallest absolute Gasteiger partial charge is 0.335 e. The molecule has 1 heterocycles. The maximum atomic E-state index is 10.3. The van der Waals surface area contributed by atoms with E-state index in [1.54, 1.807) is 0 Å². The summed E-state index contributed by atoms with van der Waals surface area (Å²) in [6, 6.07) is 5.73. The zero-order valence-corrected chi connectivity index (χ0v) is 9.78. The molecule has 0 spiro atoms. The Morgan fingerprint density at radius 1 is 1.11 bits per heavy atom. The fraction of sp³-hybridized carbons (Fsp3) is 0.167. The molecule has 0 aromatic heterocycles. The van der Waals surface area contributed by atoms with Crippen molar-refractivity contribution in [3.05, 3.63) is 35.4 Å². The van der Waals surface area contributed by atoms with Gasteiger partial charge in [0.2, 0.25) is 0 Å². The summed E-state index contributed by atoms with van der Waals surface area (Å²) in [5, 5.41) is 17.0. The molecule has 1 aliphatic rings. The number of hydrogen-bond donors (Lipinski definition) is 2. The zero-order chi connectivity index (χ0) is 14.4. The molecule has 100 valence electrons. The highest BCUT2D eigenvalue weighted by atomic mass is 16.5. The SMILES string of the molecule is O=C1CCC(=O)N1O.O=Cc1ccc(C(=O)O)cc1. The zero-order valence-electron chi connectivity index (χ0n) is 9.78. The Labute approximate surface area is 108 Å². The van der Waals surface area contributed by atoms with Crippen LogP contribution in [-0.4, -0.2) is 39.4 Å². The molecule has 19 heavy (non-hydrogen) atoms. The standard InChI is InChI=1S/C8H6O3.C4H5NO3/c9-5-6-1-3-7(4-2-6)8(10)11;6-3-1-2-4(7)5(3)8/h1-5H,(H,10,11);8H,1-2H2. The van der Waals surface area contributed by atoms with Crippen LogP contribution in [0.5, 0.6) is 0 Å². The first-order valence-electron chi connectivity index (χ1n) is 5.29. The van der Waals surface area contributed by atoms with Gasteiger partial charge in [-0.15, -0.1) is 0 Å². The van der Waals surface area contributed by atoms with Crippen LogP contribution in [-0.2, 0) is 9.59 Å². The second-order valence-electron chi connectivity index (χ2n) is 3.64.